The van der Waals surface area contributed by atoms with Gasteiger partial charge in [0.2, 0.25) is 0 Å². The van der Waals surface area contributed by atoms with Gasteiger partial charge in [-0.25, -0.2) is 0 Å². The monoisotopic (exact) mass is 200 g/mol. The van der Waals surface area contributed by atoms with Crippen molar-refractivity contribution in [1.82, 2.24) is 10.2 Å². The van der Waals surface area contributed by atoms with E-state index in [4.69, 9.17) is 4.74 Å². The van der Waals surface area contributed by atoms with Crippen molar-refractivity contribution in [1.29, 1.82) is 0 Å². The van der Waals surface area contributed by atoms with E-state index in [2.05, 4.69) is 38.0 Å². The molecule has 1 aliphatic rings. The van der Waals surface area contributed by atoms with Gasteiger partial charge in [0.25, 0.3) is 0 Å². The van der Waals surface area contributed by atoms with Crippen LogP contribution in [0.25, 0.3) is 0 Å². The van der Waals surface area contributed by atoms with E-state index in [1.807, 2.05) is 0 Å². The molecule has 0 saturated carbocycles. The molecular weight excluding hydrogens is 176 g/mol. The predicted octanol–water partition coefficient (Wildman–Crippen LogP) is 1.09. The van der Waals surface area contributed by atoms with Crippen LogP contribution < -0.4 is 5.32 Å². The fraction of sp³-hybridized carbons (Fsp3) is 1.00. The second-order valence-electron chi connectivity index (χ2n) is 4.25. The zero-order valence-corrected chi connectivity index (χ0v) is 9.92. The van der Waals surface area contributed by atoms with Crippen LogP contribution in [0.2, 0.25) is 0 Å². The summed E-state index contributed by atoms with van der Waals surface area (Å²) < 4.78 is 5.58. The second kappa shape index (κ2) is 5.69. The minimum atomic E-state index is 0.393. The topological polar surface area (TPSA) is 24.5 Å². The molecule has 3 atom stereocenters. The van der Waals surface area contributed by atoms with Crippen LogP contribution in [0.4, 0.5) is 0 Å². The number of hydrogen-bond donors (Lipinski definition) is 1. The van der Waals surface area contributed by atoms with Crippen molar-refractivity contribution in [3.05, 3.63) is 0 Å². The highest BCUT2D eigenvalue weighted by Crippen LogP contribution is 2.19. The standard InChI is InChI=1S/C11H24N2O/c1-5-12-8-9(2)13(4)11-6-7-14-10(11)3/h9-12H,5-8H2,1-4H3. The third-order valence-electron chi connectivity index (χ3n) is 3.24. The molecule has 1 fully saturated rings. The molecule has 1 heterocycles. The van der Waals surface area contributed by atoms with E-state index in [9.17, 15) is 0 Å². The van der Waals surface area contributed by atoms with E-state index in [0.29, 0.717) is 18.2 Å². The molecule has 3 unspecified atom stereocenters. The molecule has 0 bridgehead atoms. The van der Waals surface area contributed by atoms with Gasteiger partial charge in [-0.05, 0) is 33.9 Å². The summed E-state index contributed by atoms with van der Waals surface area (Å²) in [5, 5.41) is 3.38. The van der Waals surface area contributed by atoms with Crippen molar-refractivity contribution in [3.8, 4) is 0 Å². The number of likely N-dealkylation sites (N-methyl/N-ethyl adjacent to an activating group) is 2. The summed E-state index contributed by atoms with van der Waals surface area (Å²) in [5.41, 5.74) is 0. The molecule has 0 aromatic carbocycles. The van der Waals surface area contributed by atoms with E-state index in [-0.39, 0.29) is 0 Å². The van der Waals surface area contributed by atoms with Crippen LogP contribution in [0.1, 0.15) is 27.2 Å². The zero-order chi connectivity index (χ0) is 10.6. The van der Waals surface area contributed by atoms with E-state index in [0.717, 1.165) is 19.7 Å². The van der Waals surface area contributed by atoms with Gasteiger partial charge in [-0.15, -0.1) is 0 Å². The molecule has 84 valence electrons. The van der Waals surface area contributed by atoms with Gasteiger partial charge in [0.15, 0.2) is 0 Å². The molecule has 1 rings (SSSR count). The number of nitrogens with one attached hydrogen (secondary N) is 1. The van der Waals surface area contributed by atoms with Crippen molar-refractivity contribution >= 4 is 0 Å². The lowest BCUT2D eigenvalue weighted by Gasteiger charge is -2.32. The normalized spacial score (nSPS) is 29.8. The Labute approximate surface area is 87.8 Å². The Bertz CT molecular complexity index is 163. The lowest BCUT2D eigenvalue weighted by atomic mass is 10.1. The maximum Gasteiger partial charge on any atom is 0.0703 e. The van der Waals surface area contributed by atoms with Gasteiger partial charge < -0.3 is 10.1 Å². The Morgan fingerprint density at radius 2 is 2.29 bits per heavy atom. The summed E-state index contributed by atoms with van der Waals surface area (Å²) in [7, 11) is 2.21. The second-order valence-corrected chi connectivity index (χ2v) is 4.25. The summed E-state index contributed by atoms with van der Waals surface area (Å²) in [6, 6.07) is 1.19. The van der Waals surface area contributed by atoms with Gasteiger partial charge in [-0.1, -0.05) is 6.92 Å². The van der Waals surface area contributed by atoms with Crippen molar-refractivity contribution in [2.75, 3.05) is 26.7 Å². The van der Waals surface area contributed by atoms with Gasteiger partial charge in [-0.2, -0.15) is 0 Å². The first-order chi connectivity index (χ1) is 6.66. The minimum absolute atomic E-state index is 0.393. The SMILES string of the molecule is CCNCC(C)N(C)C1CCOC1C. The van der Waals surface area contributed by atoms with E-state index < -0.39 is 0 Å². The Kier molecular flexibility index (Phi) is 4.85. The van der Waals surface area contributed by atoms with Crippen molar-refractivity contribution in [2.24, 2.45) is 0 Å². The average Bonchev–Trinajstić information content (AvgIpc) is 2.59. The summed E-state index contributed by atoms with van der Waals surface area (Å²) in [6.45, 7) is 9.63. The molecule has 0 aliphatic carbocycles. The third-order valence-corrected chi connectivity index (χ3v) is 3.24. The molecule has 14 heavy (non-hydrogen) atoms. The highest BCUT2D eigenvalue weighted by atomic mass is 16.5. The van der Waals surface area contributed by atoms with Gasteiger partial charge in [0.05, 0.1) is 6.10 Å². The highest BCUT2D eigenvalue weighted by Gasteiger charge is 2.29. The van der Waals surface area contributed by atoms with E-state index >= 15 is 0 Å². The lowest BCUT2D eigenvalue weighted by molar-refractivity contribution is 0.0705. The van der Waals surface area contributed by atoms with E-state index in [1.54, 1.807) is 0 Å². The van der Waals surface area contributed by atoms with Crippen LogP contribution in [0.15, 0.2) is 0 Å². The van der Waals surface area contributed by atoms with Gasteiger partial charge >= 0.3 is 0 Å². The maximum absolute atomic E-state index is 5.58. The predicted molar refractivity (Wildman–Crippen MR) is 59.6 cm³/mol. The Balaban J connectivity index is 2.34. The van der Waals surface area contributed by atoms with Crippen molar-refractivity contribution in [3.63, 3.8) is 0 Å². The first-order valence-corrected chi connectivity index (χ1v) is 5.71. The first-order valence-electron chi connectivity index (χ1n) is 5.71. The van der Waals surface area contributed by atoms with Crippen LogP contribution in [0.3, 0.4) is 0 Å². The first kappa shape index (κ1) is 12.0. The van der Waals surface area contributed by atoms with Crippen molar-refractivity contribution < 1.29 is 4.74 Å². The molecule has 3 heteroatoms. The van der Waals surface area contributed by atoms with Gasteiger partial charge in [0.1, 0.15) is 0 Å². The van der Waals surface area contributed by atoms with E-state index in [1.165, 1.54) is 6.42 Å². The van der Waals surface area contributed by atoms with Crippen LogP contribution in [0.5, 0.6) is 0 Å². The Hall–Kier alpha value is -0.120. The van der Waals surface area contributed by atoms with Crippen LogP contribution >= 0.6 is 0 Å². The molecule has 1 saturated heterocycles. The maximum atomic E-state index is 5.58. The van der Waals surface area contributed by atoms with Gasteiger partial charge in [-0.3, -0.25) is 4.90 Å². The van der Waals surface area contributed by atoms with Crippen LogP contribution in [-0.2, 0) is 4.74 Å². The van der Waals surface area contributed by atoms with Crippen LogP contribution in [0, 0.1) is 0 Å². The smallest absolute Gasteiger partial charge is 0.0703 e. The number of rotatable bonds is 5. The fourth-order valence-corrected chi connectivity index (χ4v) is 2.08. The van der Waals surface area contributed by atoms with Crippen LogP contribution in [-0.4, -0.2) is 49.8 Å². The zero-order valence-electron chi connectivity index (χ0n) is 9.92. The molecule has 0 aromatic rings. The summed E-state index contributed by atoms with van der Waals surface area (Å²) >= 11 is 0. The number of hydrogen-bond acceptors (Lipinski definition) is 3. The third kappa shape index (κ3) is 2.94. The molecular formula is C11H24N2O. The molecule has 1 aliphatic heterocycles. The lowest BCUT2D eigenvalue weighted by Crippen LogP contribution is -2.46. The highest BCUT2D eigenvalue weighted by molar-refractivity contribution is 4.83. The summed E-state index contributed by atoms with van der Waals surface area (Å²) in [6.07, 6.45) is 1.57. The summed E-state index contributed by atoms with van der Waals surface area (Å²) in [5.74, 6) is 0. The molecule has 1 N–H and O–H groups in total. The molecule has 0 aromatic heterocycles. The fourth-order valence-electron chi connectivity index (χ4n) is 2.08. The molecule has 0 spiro atoms. The average molecular weight is 200 g/mol. The molecule has 0 radical (unpaired) electrons. The Morgan fingerprint density at radius 3 is 2.79 bits per heavy atom. The Morgan fingerprint density at radius 1 is 1.57 bits per heavy atom. The quantitative estimate of drug-likeness (QED) is 0.719. The largest absolute Gasteiger partial charge is 0.377 e. The molecule has 3 nitrogen and oxygen atoms in total. The van der Waals surface area contributed by atoms with Gasteiger partial charge in [0, 0.05) is 25.2 Å². The molecule has 0 amide bonds. The minimum Gasteiger partial charge on any atom is -0.377 e. The summed E-state index contributed by atoms with van der Waals surface area (Å²) in [4.78, 5) is 2.44. The number of nitrogens with zero attached hydrogens (tertiary/aromatic N) is 1. The number of ether oxygens (including phenoxy) is 1. The van der Waals surface area contributed by atoms with Crippen molar-refractivity contribution in [2.45, 2.75) is 45.4 Å².